The molecule has 0 atom stereocenters. The Balaban J connectivity index is 1.33. The van der Waals surface area contributed by atoms with Crippen LogP contribution < -0.4 is 16.0 Å². The molecule has 0 saturated heterocycles. The van der Waals surface area contributed by atoms with Crippen LogP contribution in [-0.2, 0) is 10.2 Å². The fourth-order valence-electron chi connectivity index (χ4n) is 4.00. The minimum atomic E-state index is -0.186. The largest absolute Gasteiger partial charge is 0.374 e. The molecular formula is C26H27N3O2. The van der Waals surface area contributed by atoms with Crippen LogP contribution in [0, 0.1) is 0 Å². The third-order valence-electron chi connectivity index (χ3n) is 5.97. The zero-order valence-corrected chi connectivity index (χ0v) is 17.4. The van der Waals surface area contributed by atoms with Gasteiger partial charge in [-0.25, -0.2) is 0 Å². The van der Waals surface area contributed by atoms with Crippen molar-refractivity contribution < 1.29 is 9.59 Å². The first-order valence-corrected chi connectivity index (χ1v) is 10.7. The Morgan fingerprint density at radius 2 is 1.39 bits per heavy atom. The summed E-state index contributed by atoms with van der Waals surface area (Å²) in [6.45, 7) is 0.785. The third kappa shape index (κ3) is 4.94. The van der Waals surface area contributed by atoms with Crippen LogP contribution in [0.1, 0.15) is 35.2 Å². The van der Waals surface area contributed by atoms with Gasteiger partial charge in [-0.1, -0.05) is 67.1 Å². The van der Waals surface area contributed by atoms with Gasteiger partial charge >= 0.3 is 0 Å². The highest BCUT2D eigenvalue weighted by molar-refractivity contribution is 6.06. The van der Waals surface area contributed by atoms with Crippen LogP contribution in [0.3, 0.4) is 0 Å². The molecular weight excluding hydrogens is 386 g/mol. The molecule has 158 valence electrons. The van der Waals surface area contributed by atoms with E-state index in [2.05, 4.69) is 40.2 Å². The second-order valence-electron chi connectivity index (χ2n) is 8.00. The molecule has 0 spiro atoms. The number of hydrogen-bond donors (Lipinski definition) is 3. The molecule has 5 nitrogen and oxygen atoms in total. The lowest BCUT2D eigenvalue weighted by atomic mass is 9.64. The first-order valence-electron chi connectivity index (χ1n) is 10.7. The summed E-state index contributed by atoms with van der Waals surface area (Å²) < 4.78 is 0. The van der Waals surface area contributed by atoms with Gasteiger partial charge in [-0.05, 0) is 42.7 Å². The van der Waals surface area contributed by atoms with Crippen LogP contribution in [0.4, 0.5) is 11.4 Å². The predicted molar refractivity (Wildman–Crippen MR) is 124 cm³/mol. The van der Waals surface area contributed by atoms with Crippen LogP contribution in [0.25, 0.3) is 0 Å². The summed E-state index contributed by atoms with van der Waals surface area (Å²) in [7, 11) is 0. The molecule has 3 aromatic rings. The number of carbonyl (C=O) groups excluding carboxylic acids is 2. The van der Waals surface area contributed by atoms with E-state index >= 15 is 0 Å². The smallest absolute Gasteiger partial charge is 0.255 e. The SMILES string of the molecule is O=C(CNc1ccccc1NC(=O)c1ccccc1)NCC1(c2ccccc2)CCC1. The van der Waals surface area contributed by atoms with Gasteiger partial charge in [-0.3, -0.25) is 9.59 Å². The maximum absolute atomic E-state index is 12.5. The summed E-state index contributed by atoms with van der Waals surface area (Å²) in [6.07, 6.45) is 3.38. The number of rotatable bonds is 8. The van der Waals surface area contributed by atoms with E-state index < -0.39 is 0 Å². The van der Waals surface area contributed by atoms with Gasteiger partial charge in [-0.15, -0.1) is 0 Å². The molecule has 0 aliphatic heterocycles. The fraction of sp³-hybridized carbons (Fsp3) is 0.231. The molecule has 1 aliphatic carbocycles. The normalized spacial score (nSPS) is 14.2. The van der Waals surface area contributed by atoms with Crippen LogP contribution in [-0.4, -0.2) is 24.9 Å². The lowest BCUT2D eigenvalue weighted by molar-refractivity contribution is -0.119. The molecule has 0 bridgehead atoms. The van der Waals surface area contributed by atoms with Gasteiger partial charge in [0.1, 0.15) is 0 Å². The first kappa shape index (κ1) is 20.7. The van der Waals surface area contributed by atoms with E-state index in [0.29, 0.717) is 23.5 Å². The summed E-state index contributed by atoms with van der Waals surface area (Å²) in [4.78, 5) is 25.0. The van der Waals surface area contributed by atoms with Crippen molar-refractivity contribution in [3.05, 3.63) is 96.1 Å². The maximum atomic E-state index is 12.5. The highest BCUT2D eigenvalue weighted by Gasteiger charge is 2.38. The molecule has 1 saturated carbocycles. The van der Waals surface area contributed by atoms with E-state index in [1.54, 1.807) is 12.1 Å². The van der Waals surface area contributed by atoms with E-state index in [-0.39, 0.29) is 23.8 Å². The van der Waals surface area contributed by atoms with Crippen LogP contribution >= 0.6 is 0 Å². The van der Waals surface area contributed by atoms with Crippen molar-refractivity contribution in [2.75, 3.05) is 23.7 Å². The standard InChI is InChI=1S/C26H27N3O2/c30-24(28-19-26(16-9-17-26)21-12-5-2-6-13-21)18-27-22-14-7-8-15-23(22)29-25(31)20-10-3-1-4-11-20/h1-8,10-15,27H,9,16-19H2,(H,28,30)(H,29,31). The lowest BCUT2D eigenvalue weighted by Gasteiger charge is -2.42. The Morgan fingerprint density at radius 3 is 2.03 bits per heavy atom. The summed E-state index contributed by atoms with van der Waals surface area (Å²) in [5.74, 6) is -0.250. The molecule has 3 N–H and O–H groups in total. The van der Waals surface area contributed by atoms with Gasteiger partial charge in [-0.2, -0.15) is 0 Å². The molecule has 0 radical (unpaired) electrons. The Labute approximate surface area is 182 Å². The average molecular weight is 414 g/mol. The topological polar surface area (TPSA) is 70.2 Å². The van der Waals surface area contributed by atoms with Crippen LogP contribution in [0.2, 0.25) is 0 Å². The first-order chi connectivity index (χ1) is 15.2. The number of hydrogen-bond acceptors (Lipinski definition) is 3. The van der Waals surface area contributed by atoms with Crippen molar-refractivity contribution in [2.45, 2.75) is 24.7 Å². The van der Waals surface area contributed by atoms with Crippen LogP contribution in [0.15, 0.2) is 84.9 Å². The molecule has 31 heavy (non-hydrogen) atoms. The molecule has 1 aliphatic rings. The van der Waals surface area contributed by atoms with Gasteiger partial charge in [0.2, 0.25) is 5.91 Å². The zero-order valence-electron chi connectivity index (χ0n) is 17.4. The van der Waals surface area contributed by atoms with Crippen molar-refractivity contribution in [1.82, 2.24) is 5.32 Å². The van der Waals surface area contributed by atoms with Gasteiger partial charge in [0, 0.05) is 17.5 Å². The average Bonchev–Trinajstić information content (AvgIpc) is 2.79. The molecule has 3 aromatic carbocycles. The van der Waals surface area contributed by atoms with Gasteiger partial charge < -0.3 is 16.0 Å². The van der Waals surface area contributed by atoms with Crippen molar-refractivity contribution in [3.63, 3.8) is 0 Å². The van der Waals surface area contributed by atoms with E-state index in [1.165, 1.54) is 12.0 Å². The molecule has 0 heterocycles. The summed E-state index contributed by atoms with van der Waals surface area (Å²) in [6, 6.07) is 26.9. The summed E-state index contributed by atoms with van der Waals surface area (Å²) in [5.41, 5.74) is 3.29. The molecule has 2 amide bonds. The van der Waals surface area contributed by atoms with E-state index in [1.807, 2.05) is 48.5 Å². The Morgan fingerprint density at radius 1 is 0.774 bits per heavy atom. The van der Waals surface area contributed by atoms with Gasteiger partial charge in [0.05, 0.1) is 17.9 Å². The Kier molecular flexibility index (Phi) is 6.32. The molecule has 0 unspecified atom stereocenters. The number of amides is 2. The van der Waals surface area contributed by atoms with Crippen LogP contribution in [0.5, 0.6) is 0 Å². The molecule has 4 rings (SSSR count). The van der Waals surface area contributed by atoms with Crippen molar-refractivity contribution in [1.29, 1.82) is 0 Å². The summed E-state index contributed by atoms with van der Waals surface area (Å²) >= 11 is 0. The number of carbonyl (C=O) groups is 2. The minimum Gasteiger partial charge on any atom is -0.374 e. The highest BCUT2D eigenvalue weighted by Crippen LogP contribution is 2.43. The Hall–Kier alpha value is -3.60. The summed E-state index contributed by atoms with van der Waals surface area (Å²) in [5, 5.41) is 9.16. The molecule has 1 fully saturated rings. The number of nitrogens with one attached hydrogen (secondary N) is 3. The number of para-hydroxylation sites is 2. The highest BCUT2D eigenvalue weighted by atomic mass is 16.2. The van der Waals surface area contributed by atoms with E-state index in [4.69, 9.17) is 0 Å². The van der Waals surface area contributed by atoms with E-state index in [9.17, 15) is 9.59 Å². The molecule has 0 aromatic heterocycles. The Bertz CT molecular complexity index is 1030. The molecule has 5 heteroatoms. The number of anilines is 2. The van der Waals surface area contributed by atoms with Gasteiger partial charge in [0.15, 0.2) is 0 Å². The maximum Gasteiger partial charge on any atom is 0.255 e. The second kappa shape index (κ2) is 9.47. The monoisotopic (exact) mass is 413 g/mol. The quantitative estimate of drug-likeness (QED) is 0.506. The predicted octanol–water partition coefficient (Wildman–Crippen LogP) is 4.59. The number of benzene rings is 3. The van der Waals surface area contributed by atoms with Crippen molar-refractivity contribution in [2.24, 2.45) is 0 Å². The van der Waals surface area contributed by atoms with Crippen molar-refractivity contribution in [3.8, 4) is 0 Å². The lowest BCUT2D eigenvalue weighted by Crippen LogP contribution is -2.46. The van der Waals surface area contributed by atoms with Crippen molar-refractivity contribution >= 4 is 23.2 Å². The minimum absolute atomic E-state index is 0.0541. The third-order valence-corrected chi connectivity index (χ3v) is 5.97. The van der Waals surface area contributed by atoms with Gasteiger partial charge in [0.25, 0.3) is 5.91 Å². The zero-order chi connectivity index (χ0) is 21.5. The fourth-order valence-corrected chi connectivity index (χ4v) is 4.00. The second-order valence-corrected chi connectivity index (χ2v) is 8.00. The van der Waals surface area contributed by atoms with E-state index in [0.717, 1.165) is 12.8 Å².